The number of carbonyl (C=O) groups is 2. The number of benzene rings is 2. The summed E-state index contributed by atoms with van der Waals surface area (Å²) in [6, 6.07) is 18.2. The van der Waals surface area contributed by atoms with E-state index < -0.39 is 0 Å². The normalized spacial score (nSPS) is 10.1. The lowest BCUT2D eigenvalue weighted by molar-refractivity contribution is -0.116. The van der Waals surface area contributed by atoms with Crippen molar-refractivity contribution in [2.45, 2.75) is 0 Å². The van der Waals surface area contributed by atoms with Gasteiger partial charge in [0.1, 0.15) is 0 Å². The molecule has 5 heteroatoms. The highest BCUT2D eigenvalue weighted by Crippen LogP contribution is 2.25. The van der Waals surface area contributed by atoms with Crippen LogP contribution in [0.15, 0.2) is 71.3 Å². The number of rotatable bonds is 5. The van der Waals surface area contributed by atoms with E-state index in [9.17, 15) is 9.59 Å². The Balaban J connectivity index is 1.69. The van der Waals surface area contributed by atoms with Crippen molar-refractivity contribution in [3.05, 3.63) is 78.3 Å². The van der Waals surface area contributed by atoms with Crippen molar-refractivity contribution in [3.63, 3.8) is 0 Å². The summed E-state index contributed by atoms with van der Waals surface area (Å²) < 4.78 is 5.39. The molecule has 2 aromatic carbocycles. The molecule has 1 heterocycles. The summed E-state index contributed by atoms with van der Waals surface area (Å²) in [7, 11) is 1.55. The zero-order valence-electron chi connectivity index (χ0n) is 14.8. The van der Waals surface area contributed by atoms with Gasteiger partial charge in [-0.05, 0) is 29.8 Å². The molecule has 0 aliphatic heterocycles. The van der Waals surface area contributed by atoms with Crippen LogP contribution in [0.25, 0.3) is 11.1 Å². The fraction of sp³-hybridized carbons (Fsp3) is 0.0909. The van der Waals surface area contributed by atoms with Crippen LogP contribution in [0.1, 0.15) is 16.1 Å². The molecule has 1 aromatic heterocycles. The van der Waals surface area contributed by atoms with E-state index in [1.54, 1.807) is 37.4 Å². The first-order chi connectivity index (χ1) is 13.1. The minimum atomic E-state index is -0.369. The Morgan fingerprint density at radius 1 is 1.11 bits per heavy atom. The van der Waals surface area contributed by atoms with Gasteiger partial charge in [0, 0.05) is 23.9 Å². The quantitative estimate of drug-likeness (QED) is 0.708. The topological polar surface area (TPSA) is 62.6 Å². The van der Waals surface area contributed by atoms with Crippen molar-refractivity contribution >= 4 is 17.5 Å². The Bertz CT molecular complexity index is 1000. The lowest BCUT2D eigenvalue weighted by Crippen LogP contribution is -2.35. The SMILES string of the molecule is C#Cc1cccc(NC(=O)CN(C)C(=O)c2occc2-c2ccccc2)c1. The van der Waals surface area contributed by atoms with E-state index in [4.69, 9.17) is 10.8 Å². The molecule has 0 spiro atoms. The molecule has 0 bridgehead atoms. The van der Waals surface area contributed by atoms with E-state index >= 15 is 0 Å². The lowest BCUT2D eigenvalue weighted by atomic mass is 10.1. The molecule has 3 rings (SSSR count). The van der Waals surface area contributed by atoms with Gasteiger partial charge in [-0.15, -0.1) is 6.42 Å². The van der Waals surface area contributed by atoms with Crippen LogP contribution in [0.4, 0.5) is 5.69 Å². The van der Waals surface area contributed by atoms with Crippen LogP contribution < -0.4 is 5.32 Å². The second-order valence-corrected chi connectivity index (χ2v) is 5.96. The van der Waals surface area contributed by atoms with Crippen LogP contribution in [0.3, 0.4) is 0 Å². The number of hydrogen-bond donors (Lipinski definition) is 1. The molecule has 0 radical (unpaired) electrons. The summed E-state index contributed by atoms with van der Waals surface area (Å²) in [5.41, 5.74) is 2.81. The molecule has 1 N–H and O–H groups in total. The largest absolute Gasteiger partial charge is 0.459 e. The molecule has 0 aliphatic carbocycles. The van der Waals surface area contributed by atoms with Crippen molar-refractivity contribution in [2.24, 2.45) is 0 Å². The minimum absolute atomic E-state index is 0.117. The molecule has 0 unspecified atom stereocenters. The van der Waals surface area contributed by atoms with Crippen LogP contribution in [0.5, 0.6) is 0 Å². The van der Waals surface area contributed by atoms with Crippen LogP contribution >= 0.6 is 0 Å². The number of nitrogens with zero attached hydrogens (tertiary/aromatic N) is 1. The number of terminal acetylenes is 1. The van der Waals surface area contributed by atoms with Gasteiger partial charge in [-0.25, -0.2) is 0 Å². The summed E-state index contributed by atoms with van der Waals surface area (Å²) in [5.74, 6) is 2.02. The maximum absolute atomic E-state index is 12.7. The van der Waals surface area contributed by atoms with Gasteiger partial charge >= 0.3 is 0 Å². The first-order valence-electron chi connectivity index (χ1n) is 8.33. The molecule has 27 heavy (non-hydrogen) atoms. The zero-order chi connectivity index (χ0) is 19.2. The number of furan rings is 1. The van der Waals surface area contributed by atoms with E-state index in [-0.39, 0.29) is 24.1 Å². The van der Waals surface area contributed by atoms with E-state index in [0.29, 0.717) is 16.8 Å². The standard InChI is InChI=1S/C22H18N2O3/c1-3-16-8-7-11-18(14-16)23-20(25)15-24(2)22(26)21-19(12-13-27-21)17-9-5-4-6-10-17/h1,4-14H,15H2,2H3,(H,23,25). The lowest BCUT2D eigenvalue weighted by Gasteiger charge is -2.16. The minimum Gasteiger partial charge on any atom is -0.459 e. The van der Waals surface area contributed by atoms with Crippen molar-refractivity contribution in [1.82, 2.24) is 4.90 Å². The average Bonchev–Trinajstić information content (AvgIpc) is 3.17. The van der Waals surface area contributed by atoms with Gasteiger partial charge in [0.15, 0.2) is 5.76 Å². The van der Waals surface area contributed by atoms with Crippen molar-refractivity contribution in [2.75, 3.05) is 18.9 Å². The van der Waals surface area contributed by atoms with E-state index in [1.807, 2.05) is 30.3 Å². The van der Waals surface area contributed by atoms with Crippen LogP contribution in [0, 0.1) is 12.3 Å². The fourth-order valence-electron chi connectivity index (χ4n) is 2.67. The molecular formula is C22H18N2O3. The predicted molar refractivity (Wildman–Crippen MR) is 104 cm³/mol. The summed E-state index contributed by atoms with van der Waals surface area (Å²) in [5, 5.41) is 2.74. The Hall–Kier alpha value is -3.78. The Morgan fingerprint density at radius 3 is 2.63 bits per heavy atom. The van der Waals surface area contributed by atoms with E-state index in [2.05, 4.69) is 11.2 Å². The number of nitrogens with one attached hydrogen (secondary N) is 1. The molecule has 0 aliphatic rings. The summed E-state index contributed by atoms with van der Waals surface area (Å²) in [6.45, 7) is -0.117. The first-order valence-corrected chi connectivity index (χ1v) is 8.33. The Morgan fingerprint density at radius 2 is 1.89 bits per heavy atom. The number of anilines is 1. The molecular weight excluding hydrogens is 340 g/mol. The fourth-order valence-corrected chi connectivity index (χ4v) is 2.67. The van der Waals surface area contributed by atoms with E-state index in [1.165, 1.54) is 11.2 Å². The molecule has 0 fully saturated rings. The highest BCUT2D eigenvalue weighted by atomic mass is 16.3. The van der Waals surface area contributed by atoms with Crippen LogP contribution in [-0.4, -0.2) is 30.3 Å². The van der Waals surface area contributed by atoms with Gasteiger partial charge in [0.05, 0.1) is 12.8 Å². The highest BCUT2D eigenvalue weighted by Gasteiger charge is 2.22. The molecule has 2 amide bonds. The Labute approximate surface area is 157 Å². The predicted octanol–water partition coefficient (Wildman–Crippen LogP) is 3.64. The van der Waals surface area contributed by atoms with Gasteiger partial charge in [0.25, 0.3) is 5.91 Å². The number of amides is 2. The van der Waals surface area contributed by atoms with Gasteiger partial charge in [-0.1, -0.05) is 42.3 Å². The second kappa shape index (κ2) is 8.07. The average molecular weight is 358 g/mol. The monoisotopic (exact) mass is 358 g/mol. The number of likely N-dealkylation sites (N-methyl/N-ethyl adjacent to an activating group) is 1. The van der Waals surface area contributed by atoms with E-state index in [0.717, 1.165) is 5.56 Å². The third-order valence-corrected chi connectivity index (χ3v) is 3.98. The van der Waals surface area contributed by atoms with Crippen LogP contribution in [0.2, 0.25) is 0 Å². The summed E-state index contributed by atoms with van der Waals surface area (Å²) in [6.07, 6.45) is 6.83. The number of hydrogen-bond acceptors (Lipinski definition) is 3. The third kappa shape index (κ3) is 4.25. The maximum Gasteiger partial charge on any atom is 0.290 e. The van der Waals surface area contributed by atoms with Gasteiger partial charge in [0.2, 0.25) is 5.91 Å². The van der Waals surface area contributed by atoms with Crippen molar-refractivity contribution in [1.29, 1.82) is 0 Å². The van der Waals surface area contributed by atoms with Crippen molar-refractivity contribution < 1.29 is 14.0 Å². The van der Waals surface area contributed by atoms with Gasteiger partial charge in [-0.2, -0.15) is 0 Å². The number of carbonyl (C=O) groups excluding carboxylic acids is 2. The van der Waals surface area contributed by atoms with Gasteiger partial charge in [-0.3, -0.25) is 9.59 Å². The maximum atomic E-state index is 12.7. The Kier molecular flexibility index (Phi) is 5.38. The summed E-state index contributed by atoms with van der Waals surface area (Å²) >= 11 is 0. The summed E-state index contributed by atoms with van der Waals surface area (Å²) in [4.78, 5) is 26.3. The molecule has 0 atom stereocenters. The molecule has 0 saturated carbocycles. The van der Waals surface area contributed by atoms with Crippen LogP contribution in [-0.2, 0) is 4.79 Å². The van der Waals surface area contributed by atoms with Crippen molar-refractivity contribution in [3.8, 4) is 23.5 Å². The third-order valence-electron chi connectivity index (χ3n) is 3.98. The highest BCUT2D eigenvalue weighted by molar-refractivity contribution is 6.01. The molecule has 0 saturated heterocycles. The molecule has 134 valence electrons. The smallest absolute Gasteiger partial charge is 0.290 e. The molecule has 5 nitrogen and oxygen atoms in total. The molecule has 3 aromatic rings. The van der Waals surface area contributed by atoms with Gasteiger partial charge < -0.3 is 14.6 Å². The zero-order valence-corrected chi connectivity index (χ0v) is 14.8. The first kappa shape index (κ1) is 18.0. The second-order valence-electron chi connectivity index (χ2n) is 5.96.